The van der Waals surface area contributed by atoms with Gasteiger partial charge >= 0.3 is 5.97 Å². The minimum Gasteiger partial charge on any atom is -0.493 e. The first-order chi connectivity index (χ1) is 13.5. The van der Waals surface area contributed by atoms with E-state index >= 15 is 0 Å². The third-order valence-corrected chi connectivity index (χ3v) is 4.53. The number of ketones is 1. The molecule has 0 fully saturated rings. The molecule has 1 aromatic carbocycles. The topological polar surface area (TPSA) is 80.3 Å². The summed E-state index contributed by atoms with van der Waals surface area (Å²) in [6.45, 7) is 1.98. The molecule has 1 aliphatic carbocycles. The Labute approximate surface area is 163 Å². The van der Waals surface area contributed by atoms with Gasteiger partial charge < -0.3 is 23.7 Å². The lowest BCUT2D eigenvalue weighted by Gasteiger charge is -2.24. The van der Waals surface area contributed by atoms with Gasteiger partial charge in [0.15, 0.2) is 22.9 Å². The van der Waals surface area contributed by atoms with Crippen molar-refractivity contribution in [1.29, 1.82) is 0 Å². The molecule has 2 aliphatic rings. The quantitative estimate of drug-likeness (QED) is 0.696. The molecule has 7 heteroatoms. The average Bonchev–Trinajstić information content (AvgIpc) is 3.09. The highest BCUT2D eigenvalue weighted by Gasteiger charge is 2.42. The van der Waals surface area contributed by atoms with Crippen LogP contribution < -0.4 is 14.2 Å². The lowest BCUT2D eigenvalue weighted by atomic mass is 9.91. The van der Waals surface area contributed by atoms with Crippen molar-refractivity contribution >= 4 is 17.5 Å². The van der Waals surface area contributed by atoms with Crippen LogP contribution in [0.1, 0.15) is 18.9 Å². The SMILES string of the molecule is CCOC(=O)C1=C(c2cc(OC)c(OC)c(OC)c2)OC2(C=CC(=O)C=C2)C1. The van der Waals surface area contributed by atoms with Gasteiger partial charge in [0.25, 0.3) is 0 Å². The molecular formula is C21H22O7. The van der Waals surface area contributed by atoms with Gasteiger partial charge in [-0.05, 0) is 43.4 Å². The van der Waals surface area contributed by atoms with Gasteiger partial charge in [-0.25, -0.2) is 4.79 Å². The first-order valence-corrected chi connectivity index (χ1v) is 8.79. The van der Waals surface area contributed by atoms with E-state index in [-0.39, 0.29) is 18.8 Å². The van der Waals surface area contributed by atoms with Crippen LogP contribution in [0.5, 0.6) is 17.2 Å². The Morgan fingerprint density at radius 3 is 2.18 bits per heavy atom. The summed E-state index contributed by atoms with van der Waals surface area (Å²) in [6.07, 6.45) is 6.42. The summed E-state index contributed by atoms with van der Waals surface area (Å²) in [6, 6.07) is 3.41. The molecule has 0 amide bonds. The van der Waals surface area contributed by atoms with E-state index in [4.69, 9.17) is 23.7 Å². The molecule has 0 atom stereocenters. The molecule has 0 bridgehead atoms. The highest BCUT2D eigenvalue weighted by Crippen LogP contribution is 2.46. The Morgan fingerprint density at radius 2 is 1.68 bits per heavy atom. The molecule has 0 saturated heterocycles. The van der Waals surface area contributed by atoms with E-state index in [9.17, 15) is 9.59 Å². The molecule has 1 aromatic rings. The van der Waals surface area contributed by atoms with Crippen molar-refractivity contribution in [3.8, 4) is 17.2 Å². The van der Waals surface area contributed by atoms with E-state index < -0.39 is 11.6 Å². The zero-order valence-electron chi connectivity index (χ0n) is 16.2. The zero-order valence-corrected chi connectivity index (χ0v) is 16.2. The molecule has 0 radical (unpaired) electrons. The molecule has 0 unspecified atom stereocenters. The minimum atomic E-state index is -0.911. The summed E-state index contributed by atoms with van der Waals surface area (Å²) in [5.41, 5.74) is 0.0408. The fourth-order valence-electron chi connectivity index (χ4n) is 3.22. The molecule has 1 spiro atoms. The Kier molecular flexibility index (Phi) is 5.44. The first kappa shape index (κ1) is 19.5. The lowest BCUT2D eigenvalue weighted by Crippen LogP contribution is -2.26. The minimum absolute atomic E-state index is 0.131. The van der Waals surface area contributed by atoms with Gasteiger partial charge in [-0.2, -0.15) is 0 Å². The third-order valence-electron chi connectivity index (χ3n) is 4.53. The fourth-order valence-corrected chi connectivity index (χ4v) is 3.22. The number of allylic oxidation sites excluding steroid dienone is 2. The maximum atomic E-state index is 12.6. The predicted molar refractivity (Wildman–Crippen MR) is 101 cm³/mol. The highest BCUT2D eigenvalue weighted by molar-refractivity contribution is 6.02. The van der Waals surface area contributed by atoms with Crippen molar-refractivity contribution in [2.24, 2.45) is 0 Å². The number of hydrogen-bond donors (Lipinski definition) is 0. The van der Waals surface area contributed by atoms with Crippen LogP contribution >= 0.6 is 0 Å². The van der Waals surface area contributed by atoms with Crippen molar-refractivity contribution in [1.82, 2.24) is 0 Å². The van der Waals surface area contributed by atoms with E-state index in [1.54, 1.807) is 31.2 Å². The predicted octanol–water partition coefficient (Wildman–Crippen LogP) is 2.84. The van der Waals surface area contributed by atoms with E-state index in [2.05, 4.69) is 0 Å². The highest BCUT2D eigenvalue weighted by atomic mass is 16.5. The maximum Gasteiger partial charge on any atom is 0.337 e. The summed E-state index contributed by atoms with van der Waals surface area (Å²) in [5, 5.41) is 0. The summed E-state index contributed by atoms with van der Waals surface area (Å²) < 4.78 is 27.5. The summed E-state index contributed by atoms with van der Waals surface area (Å²) in [7, 11) is 4.53. The molecule has 0 N–H and O–H groups in total. The molecule has 1 aliphatic heterocycles. The number of ether oxygens (including phenoxy) is 5. The van der Waals surface area contributed by atoms with Crippen LogP contribution in [-0.4, -0.2) is 45.3 Å². The van der Waals surface area contributed by atoms with Crippen molar-refractivity contribution in [2.45, 2.75) is 18.9 Å². The molecule has 1 heterocycles. The second-order valence-corrected chi connectivity index (χ2v) is 6.24. The van der Waals surface area contributed by atoms with Crippen LogP contribution in [0.4, 0.5) is 0 Å². The van der Waals surface area contributed by atoms with Gasteiger partial charge in [-0.1, -0.05) is 0 Å². The summed E-state index contributed by atoms with van der Waals surface area (Å²) in [4.78, 5) is 24.1. The van der Waals surface area contributed by atoms with Gasteiger partial charge in [0.1, 0.15) is 5.76 Å². The van der Waals surface area contributed by atoms with Gasteiger partial charge in [0.05, 0.1) is 33.5 Å². The van der Waals surface area contributed by atoms with Crippen LogP contribution in [0.15, 0.2) is 42.0 Å². The van der Waals surface area contributed by atoms with Crippen LogP contribution in [0.3, 0.4) is 0 Å². The number of esters is 1. The molecule has 3 rings (SSSR count). The monoisotopic (exact) mass is 386 g/mol. The number of hydrogen-bond acceptors (Lipinski definition) is 7. The van der Waals surface area contributed by atoms with Crippen molar-refractivity contribution < 1.29 is 33.3 Å². The molecule has 28 heavy (non-hydrogen) atoms. The van der Waals surface area contributed by atoms with E-state index in [0.29, 0.717) is 34.1 Å². The fraction of sp³-hybridized carbons (Fsp3) is 0.333. The molecule has 148 valence electrons. The van der Waals surface area contributed by atoms with Crippen molar-refractivity contribution in [2.75, 3.05) is 27.9 Å². The largest absolute Gasteiger partial charge is 0.493 e. The van der Waals surface area contributed by atoms with Gasteiger partial charge in [0.2, 0.25) is 5.75 Å². The maximum absolute atomic E-state index is 12.6. The smallest absolute Gasteiger partial charge is 0.337 e. The van der Waals surface area contributed by atoms with E-state index in [1.165, 1.54) is 33.5 Å². The molecular weight excluding hydrogens is 364 g/mol. The number of carbonyl (C=O) groups excluding carboxylic acids is 2. The Balaban J connectivity index is 2.11. The normalized spacial score (nSPS) is 16.9. The van der Waals surface area contributed by atoms with Crippen LogP contribution in [0.2, 0.25) is 0 Å². The zero-order chi connectivity index (χ0) is 20.3. The van der Waals surface area contributed by atoms with Crippen molar-refractivity contribution in [3.63, 3.8) is 0 Å². The Hall–Kier alpha value is -3.22. The summed E-state index contributed by atoms with van der Waals surface area (Å²) >= 11 is 0. The van der Waals surface area contributed by atoms with Crippen molar-refractivity contribution in [3.05, 3.63) is 47.6 Å². The Bertz CT molecular complexity index is 851. The van der Waals surface area contributed by atoms with Crippen LogP contribution in [-0.2, 0) is 19.1 Å². The number of carbonyl (C=O) groups is 2. The number of methoxy groups -OCH3 is 3. The summed E-state index contributed by atoms with van der Waals surface area (Å²) in [5.74, 6) is 1.04. The molecule has 7 nitrogen and oxygen atoms in total. The standard InChI is InChI=1S/C21H22O7/c1-5-27-20(23)15-12-21(8-6-14(22)7-9-21)28-18(15)13-10-16(24-2)19(26-4)17(11-13)25-3/h6-11H,5,12H2,1-4H3. The Morgan fingerprint density at radius 1 is 1.07 bits per heavy atom. The number of rotatable bonds is 6. The van der Waals surface area contributed by atoms with Gasteiger partial charge in [-0.3, -0.25) is 4.79 Å². The molecule has 0 aromatic heterocycles. The second kappa shape index (κ2) is 7.80. The lowest BCUT2D eigenvalue weighted by molar-refractivity contribution is -0.138. The van der Waals surface area contributed by atoms with E-state index in [1.807, 2.05) is 0 Å². The number of benzene rings is 1. The van der Waals surface area contributed by atoms with Gasteiger partial charge in [0, 0.05) is 12.0 Å². The first-order valence-electron chi connectivity index (χ1n) is 8.79. The average molecular weight is 386 g/mol. The van der Waals surface area contributed by atoms with E-state index in [0.717, 1.165) is 0 Å². The molecule has 0 saturated carbocycles. The second-order valence-electron chi connectivity index (χ2n) is 6.24. The third kappa shape index (κ3) is 3.47. The van der Waals surface area contributed by atoms with Crippen LogP contribution in [0.25, 0.3) is 5.76 Å². The van der Waals surface area contributed by atoms with Crippen LogP contribution in [0, 0.1) is 0 Å². The van der Waals surface area contributed by atoms with Gasteiger partial charge in [-0.15, -0.1) is 0 Å².